The predicted octanol–water partition coefficient (Wildman–Crippen LogP) is 1.91. The smallest absolute Gasteiger partial charge is 0.406 e. The zero-order valence-electron chi connectivity index (χ0n) is 13.5. The lowest BCUT2D eigenvalue weighted by Gasteiger charge is -2.00. The molecule has 0 aliphatic carbocycles. The van der Waals surface area contributed by atoms with E-state index in [0.717, 1.165) is 7.11 Å². The third-order valence-corrected chi connectivity index (χ3v) is 2.03. The van der Waals surface area contributed by atoms with Gasteiger partial charge in [0, 0.05) is 6.54 Å². The van der Waals surface area contributed by atoms with Crippen LogP contribution in [0, 0.1) is 0 Å². The number of methoxy groups -OCH3 is 1. The molecule has 0 aliphatic heterocycles. The maximum atomic E-state index is 10.3. The molecule has 0 heterocycles. The van der Waals surface area contributed by atoms with Gasteiger partial charge in [-0.1, -0.05) is 50.1 Å². The number of hydrogen-bond acceptors (Lipinski definition) is 5. The van der Waals surface area contributed by atoms with E-state index in [9.17, 15) is 13.2 Å². The molecule has 0 rings (SSSR count). The van der Waals surface area contributed by atoms with E-state index in [1.807, 2.05) is 19.1 Å². The normalized spacial score (nSPS) is 8.59. The number of carbonyl (C=O) groups is 1. The van der Waals surface area contributed by atoms with Crippen LogP contribution in [0.15, 0.2) is 50.1 Å². The molecule has 0 spiro atoms. The highest BCUT2D eigenvalue weighted by Gasteiger charge is 2.04. The first-order valence-electron chi connectivity index (χ1n) is 6.10. The fourth-order valence-electron chi connectivity index (χ4n) is 0.490. The van der Waals surface area contributed by atoms with Crippen molar-refractivity contribution in [2.45, 2.75) is 6.92 Å². The molecule has 22 heavy (non-hydrogen) atoms. The van der Waals surface area contributed by atoms with Gasteiger partial charge in [-0.2, -0.15) is 8.42 Å². The number of rotatable bonds is 5. The Morgan fingerprint density at radius 1 is 1.23 bits per heavy atom. The molecule has 0 unspecified atom stereocenters. The molecule has 1 amide bonds. The first-order valence-corrected chi connectivity index (χ1v) is 7.71. The number of hydrogen-bond donors (Lipinski definition) is 3. The average Bonchev–Trinajstić information content (AvgIpc) is 2.49. The van der Waals surface area contributed by atoms with Crippen molar-refractivity contribution in [2.75, 3.05) is 26.5 Å². The van der Waals surface area contributed by atoms with Crippen LogP contribution in [-0.4, -0.2) is 45.5 Å². The first-order chi connectivity index (χ1) is 10.3. The van der Waals surface area contributed by atoms with Gasteiger partial charge in [0.05, 0.1) is 12.9 Å². The van der Waals surface area contributed by atoms with Crippen LogP contribution in [0.4, 0.5) is 4.79 Å². The van der Waals surface area contributed by atoms with E-state index >= 15 is 0 Å². The first kappa shape index (κ1) is 28.3. The fraction of sp³-hybridized carbons (Fsp3) is 0.357. The molecule has 0 fully saturated rings. The highest BCUT2D eigenvalue weighted by atomic mass is 32.2. The van der Waals surface area contributed by atoms with Gasteiger partial charge in [0.25, 0.3) is 10.1 Å². The van der Waals surface area contributed by atoms with Crippen LogP contribution < -0.4 is 11.1 Å². The molecule has 4 N–H and O–H groups in total. The topological polar surface area (TPSA) is 119 Å². The third-order valence-electron chi connectivity index (χ3n) is 1.31. The van der Waals surface area contributed by atoms with Crippen molar-refractivity contribution < 1.29 is 22.5 Å². The van der Waals surface area contributed by atoms with Gasteiger partial charge in [0.15, 0.2) is 0 Å². The molecule has 130 valence electrons. The lowest BCUT2D eigenvalue weighted by atomic mass is 10.5. The van der Waals surface area contributed by atoms with Gasteiger partial charge in [-0.3, -0.25) is 4.55 Å². The highest BCUT2D eigenvalue weighted by molar-refractivity contribution is 7.85. The second-order valence-corrected chi connectivity index (χ2v) is 4.51. The highest BCUT2D eigenvalue weighted by Crippen LogP contribution is 1.79. The van der Waals surface area contributed by atoms with Crippen molar-refractivity contribution in [2.24, 2.45) is 5.73 Å². The standard InChI is InChI=1S/C5H8.C4H9NO5S.C4H6.CH5N/c1-3-5-4-2;1-10-4(6)5-2-3-11(7,8)9;1-3-4-2;1-2/h3-5H,1H2,2H3;2-3H2,1H3,(H,5,6)(H,7,8,9);3-4H,1-2H2;2H2,1H3/b5-4-;;;. The van der Waals surface area contributed by atoms with Crippen molar-refractivity contribution >= 4 is 16.2 Å². The van der Waals surface area contributed by atoms with E-state index in [2.05, 4.69) is 35.5 Å². The molecule has 0 aromatic carbocycles. The molecule has 7 nitrogen and oxygen atoms in total. The summed E-state index contributed by atoms with van der Waals surface area (Å²) in [5.41, 5.74) is 4.50. The van der Waals surface area contributed by atoms with Crippen LogP contribution in [0.3, 0.4) is 0 Å². The van der Waals surface area contributed by atoms with Gasteiger partial charge in [-0.25, -0.2) is 4.79 Å². The SMILES string of the molecule is C=C/C=C\C.C=CC=C.CN.COC(=O)NCCS(=O)(=O)O. The number of allylic oxidation sites excluding steroid dienone is 5. The Morgan fingerprint density at radius 2 is 1.68 bits per heavy atom. The van der Waals surface area contributed by atoms with Gasteiger partial charge in [-0.15, -0.1) is 0 Å². The zero-order valence-corrected chi connectivity index (χ0v) is 14.3. The monoisotopic (exact) mass is 336 g/mol. The summed E-state index contributed by atoms with van der Waals surface area (Å²) in [5, 5.41) is 2.09. The van der Waals surface area contributed by atoms with E-state index in [4.69, 9.17) is 4.55 Å². The summed E-state index contributed by atoms with van der Waals surface area (Å²) in [7, 11) is -1.34. The van der Waals surface area contributed by atoms with Crippen LogP contribution in [0.25, 0.3) is 0 Å². The van der Waals surface area contributed by atoms with E-state index in [-0.39, 0.29) is 6.54 Å². The summed E-state index contributed by atoms with van der Waals surface area (Å²) in [6, 6.07) is 0. The van der Waals surface area contributed by atoms with Gasteiger partial charge < -0.3 is 15.8 Å². The second-order valence-electron chi connectivity index (χ2n) is 2.94. The van der Waals surface area contributed by atoms with Crippen molar-refractivity contribution in [1.82, 2.24) is 5.32 Å². The second kappa shape index (κ2) is 24.1. The lowest BCUT2D eigenvalue weighted by Crippen LogP contribution is -2.28. The molecular formula is C14H28N2O5S. The lowest BCUT2D eigenvalue weighted by molar-refractivity contribution is 0.171. The minimum atomic E-state index is -4.00. The molecule has 0 aromatic heterocycles. The van der Waals surface area contributed by atoms with Crippen molar-refractivity contribution in [1.29, 1.82) is 0 Å². The predicted molar refractivity (Wildman–Crippen MR) is 92.3 cm³/mol. The van der Waals surface area contributed by atoms with Crippen LogP contribution in [0.5, 0.6) is 0 Å². The van der Waals surface area contributed by atoms with Crippen molar-refractivity contribution in [3.05, 3.63) is 50.1 Å². The minimum absolute atomic E-state index is 0.161. The molecule has 0 bridgehead atoms. The Labute approximate surface area is 134 Å². The largest absolute Gasteiger partial charge is 0.453 e. The van der Waals surface area contributed by atoms with Gasteiger partial charge in [0.1, 0.15) is 0 Å². The Hall–Kier alpha value is -1.90. The molecular weight excluding hydrogens is 308 g/mol. The maximum absolute atomic E-state index is 10.3. The summed E-state index contributed by atoms with van der Waals surface area (Å²) in [4.78, 5) is 10.3. The number of alkyl carbamates (subject to hydrolysis) is 1. The van der Waals surface area contributed by atoms with Gasteiger partial charge in [0.2, 0.25) is 0 Å². The minimum Gasteiger partial charge on any atom is -0.453 e. The van der Waals surface area contributed by atoms with E-state index in [1.54, 1.807) is 18.2 Å². The molecule has 0 aromatic rings. The molecule has 8 heteroatoms. The van der Waals surface area contributed by atoms with Crippen LogP contribution in [0.2, 0.25) is 0 Å². The number of nitrogens with two attached hydrogens (primary N) is 1. The summed E-state index contributed by atoms with van der Waals surface area (Å²) in [6.45, 7) is 12.0. The molecule has 0 aliphatic rings. The van der Waals surface area contributed by atoms with Gasteiger partial charge in [-0.05, 0) is 14.0 Å². The summed E-state index contributed by atoms with van der Waals surface area (Å²) in [6.07, 6.45) is 8.13. The molecule has 0 saturated carbocycles. The Morgan fingerprint density at radius 3 is 1.86 bits per heavy atom. The van der Waals surface area contributed by atoms with Crippen LogP contribution in [-0.2, 0) is 14.9 Å². The maximum Gasteiger partial charge on any atom is 0.406 e. The summed E-state index contributed by atoms with van der Waals surface area (Å²) < 4.78 is 32.5. The Kier molecular flexibility index (Phi) is 31.0. The van der Waals surface area contributed by atoms with Crippen LogP contribution in [0.1, 0.15) is 6.92 Å². The summed E-state index contributed by atoms with van der Waals surface area (Å²) >= 11 is 0. The number of ether oxygens (including phenoxy) is 1. The number of carbonyl (C=O) groups excluding carboxylic acids is 1. The average molecular weight is 336 g/mol. The molecule has 0 saturated heterocycles. The molecule has 0 atom stereocenters. The fourth-order valence-corrected chi connectivity index (χ4v) is 0.850. The number of amides is 1. The Bertz CT molecular complexity index is 397. The quantitative estimate of drug-likeness (QED) is 0.521. The van der Waals surface area contributed by atoms with Gasteiger partial charge >= 0.3 is 6.09 Å². The molecule has 0 radical (unpaired) electrons. The zero-order chi connectivity index (χ0) is 18.4. The van der Waals surface area contributed by atoms with E-state index in [1.165, 1.54) is 7.05 Å². The van der Waals surface area contributed by atoms with Crippen LogP contribution >= 0.6 is 0 Å². The third kappa shape index (κ3) is 51.9. The van der Waals surface area contributed by atoms with E-state index in [0.29, 0.717) is 0 Å². The number of nitrogens with one attached hydrogen (secondary N) is 1. The van der Waals surface area contributed by atoms with Crippen molar-refractivity contribution in [3.63, 3.8) is 0 Å². The van der Waals surface area contributed by atoms with E-state index < -0.39 is 22.0 Å². The Balaban J connectivity index is -0.000000122. The van der Waals surface area contributed by atoms with Crippen molar-refractivity contribution in [3.8, 4) is 0 Å². The summed E-state index contributed by atoms with van der Waals surface area (Å²) in [5.74, 6) is -0.512.